The molecule has 0 atom stereocenters. The van der Waals surface area contributed by atoms with Gasteiger partial charge in [-0.15, -0.1) is 11.3 Å². The number of aromatic nitrogens is 1. The summed E-state index contributed by atoms with van der Waals surface area (Å²) in [5.41, 5.74) is 0.921. The van der Waals surface area contributed by atoms with Crippen LogP contribution in [0.15, 0.2) is 5.38 Å². The number of amides is 1. The molecule has 1 aromatic heterocycles. The second-order valence-corrected chi connectivity index (χ2v) is 4.96. The Morgan fingerprint density at radius 3 is 3.06 bits per heavy atom. The third-order valence-electron chi connectivity index (χ3n) is 2.60. The van der Waals surface area contributed by atoms with Crippen molar-refractivity contribution in [1.29, 1.82) is 0 Å². The van der Waals surface area contributed by atoms with Crippen LogP contribution in [-0.2, 0) is 9.53 Å². The second-order valence-electron chi connectivity index (χ2n) is 4.10. The molecular formula is C11H17N3O2S. The van der Waals surface area contributed by atoms with Crippen LogP contribution in [0, 0.1) is 6.92 Å². The average molecular weight is 255 g/mol. The summed E-state index contributed by atoms with van der Waals surface area (Å²) >= 11 is 1.43. The lowest BCUT2D eigenvalue weighted by molar-refractivity contribution is -0.123. The summed E-state index contributed by atoms with van der Waals surface area (Å²) in [5, 5.41) is 8.53. The van der Waals surface area contributed by atoms with Crippen molar-refractivity contribution in [2.75, 3.05) is 25.0 Å². The number of nitrogens with one attached hydrogen (secondary N) is 2. The Morgan fingerprint density at radius 1 is 1.65 bits per heavy atom. The van der Waals surface area contributed by atoms with Gasteiger partial charge in [0.15, 0.2) is 5.13 Å². The summed E-state index contributed by atoms with van der Waals surface area (Å²) in [7, 11) is 0. The molecule has 5 nitrogen and oxygen atoms in total. The second kappa shape index (κ2) is 6.09. The van der Waals surface area contributed by atoms with Crippen LogP contribution in [0.3, 0.4) is 0 Å². The van der Waals surface area contributed by atoms with Crippen molar-refractivity contribution < 1.29 is 9.53 Å². The SMILES string of the molecule is Cc1csc(NC(=O)COC2CCNCC2)n1. The third-order valence-corrected chi connectivity index (χ3v) is 3.48. The molecule has 1 aromatic rings. The number of thiazole rings is 1. The monoisotopic (exact) mass is 255 g/mol. The topological polar surface area (TPSA) is 63.2 Å². The molecule has 0 bridgehead atoms. The number of rotatable bonds is 4. The lowest BCUT2D eigenvalue weighted by Crippen LogP contribution is -2.34. The number of ether oxygens (including phenoxy) is 1. The normalized spacial score (nSPS) is 17.0. The highest BCUT2D eigenvalue weighted by atomic mass is 32.1. The molecule has 0 saturated carbocycles. The average Bonchev–Trinajstić information content (AvgIpc) is 2.73. The minimum atomic E-state index is -0.127. The van der Waals surface area contributed by atoms with Crippen molar-refractivity contribution in [1.82, 2.24) is 10.3 Å². The van der Waals surface area contributed by atoms with Crippen LogP contribution < -0.4 is 10.6 Å². The maximum atomic E-state index is 11.6. The maximum absolute atomic E-state index is 11.6. The van der Waals surface area contributed by atoms with Gasteiger partial charge < -0.3 is 10.1 Å². The summed E-state index contributed by atoms with van der Waals surface area (Å²) < 4.78 is 5.55. The molecule has 1 aliphatic heterocycles. The Kier molecular flexibility index (Phi) is 4.47. The molecular weight excluding hydrogens is 238 g/mol. The molecule has 2 rings (SSSR count). The number of aryl methyl sites for hydroxylation is 1. The molecule has 17 heavy (non-hydrogen) atoms. The molecule has 0 spiro atoms. The van der Waals surface area contributed by atoms with E-state index >= 15 is 0 Å². The van der Waals surface area contributed by atoms with Gasteiger partial charge in [-0.05, 0) is 32.9 Å². The van der Waals surface area contributed by atoms with Crippen LogP contribution in [0.4, 0.5) is 5.13 Å². The number of carbonyl (C=O) groups excluding carboxylic acids is 1. The molecule has 94 valence electrons. The van der Waals surface area contributed by atoms with Gasteiger partial charge in [0, 0.05) is 5.38 Å². The van der Waals surface area contributed by atoms with Crippen LogP contribution in [0.1, 0.15) is 18.5 Å². The third kappa shape index (κ3) is 4.07. The Balaban J connectivity index is 1.70. The van der Waals surface area contributed by atoms with E-state index in [1.165, 1.54) is 11.3 Å². The molecule has 1 amide bonds. The van der Waals surface area contributed by atoms with Crippen LogP contribution in [0.5, 0.6) is 0 Å². The fraction of sp³-hybridized carbons (Fsp3) is 0.636. The molecule has 0 aromatic carbocycles. The van der Waals surface area contributed by atoms with E-state index in [0.29, 0.717) is 5.13 Å². The highest BCUT2D eigenvalue weighted by Crippen LogP contribution is 2.14. The predicted molar refractivity (Wildman–Crippen MR) is 67.3 cm³/mol. The van der Waals surface area contributed by atoms with Crippen molar-refractivity contribution in [2.24, 2.45) is 0 Å². The Morgan fingerprint density at radius 2 is 2.41 bits per heavy atom. The number of carbonyl (C=O) groups is 1. The molecule has 1 saturated heterocycles. The molecule has 0 radical (unpaired) electrons. The number of hydrogen-bond donors (Lipinski definition) is 2. The van der Waals surface area contributed by atoms with Crippen molar-refractivity contribution in [3.05, 3.63) is 11.1 Å². The van der Waals surface area contributed by atoms with Crippen molar-refractivity contribution in [3.8, 4) is 0 Å². The number of anilines is 1. The zero-order valence-electron chi connectivity index (χ0n) is 9.86. The van der Waals surface area contributed by atoms with E-state index in [-0.39, 0.29) is 18.6 Å². The fourth-order valence-corrected chi connectivity index (χ4v) is 2.43. The maximum Gasteiger partial charge on any atom is 0.252 e. The predicted octanol–water partition coefficient (Wildman–Crippen LogP) is 1.16. The van der Waals surface area contributed by atoms with E-state index in [2.05, 4.69) is 15.6 Å². The van der Waals surface area contributed by atoms with E-state index in [1.807, 2.05) is 12.3 Å². The largest absolute Gasteiger partial charge is 0.368 e. The summed E-state index contributed by atoms with van der Waals surface area (Å²) in [5.74, 6) is -0.127. The van der Waals surface area contributed by atoms with Gasteiger partial charge in [-0.25, -0.2) is 4.98 Å². The van der Waals surface area contributed by atoms with Gasteiger partial charge in [0.05, 0.1) is 11.8 Å². The Labute approximate surface area is 105 Å². The van der Waals surface area contributed by atoms with Gasteiger partial charge in [-0.3, -0.25) is 10.1 Å². The Hall–Kier alpha value is -0.980. The lowest BCUT2D eigenvalue weighted by atomic mass is 10.1. The van der Waals surface area contributed by atoms with Crippen molar-refractivity contribution >= 4 is 22.4 Å². The van der Waals surface area contributed by atoms with Crippen molar-refractivity contribution in [2.45, 2.75) is 25.9 Å². The first-order valence-corrected chi connectivity index (χ1v) is 6.66. The minimum Gasteiger partial charge on any atom is -0.368 e. The zero-order chi connectivity index (χ0) is 12.1. The lowest BCUT2D eigenvalue weighted by Gasteiger charge is -2.22. The van der Waals surface area contributed by atoms with E-state index in [0.717, 1.165) is 31.6 Å². The van der Waals surface area contributed by atoms with E-state index in [1.54, 1.807) is 0 Å². The molecule has 2 heterocycles. The smallest absolute Gasteiger partial charge is 0.252 e. The molecule has 6 heteroatoms. The van der Waals surface area contributed by atoms with Gasteiger partial charge in [0.1, 0.15) is 6.61 Å². The molecule has 1 fully saturated rings. The number of nitrogens with zero attached hydrogens (tertiary/aromatic N) is 1. The van der Waals surface area contributed by atoms with Gasteiger partial charge in [-0.2, -0.15) is 0 Å². The number of piperidine rings is 1. The van der Waals surface area contributed by atoms with Crippen LogP contribution >= 0.6 is 11.3 Å². The molecule has 0 unspecified atom stereocenters. The molecule has 1 aliphatic rings. The van der Waals surface area contributed by atoms with E-state index in [4.69, 9.17) is 4.74 Å². The van der Waals surface area contributed by atoms with Crippen LogP contribution in [0.2, 0.25) is 0 Å². The summed E-state index contributed by atoms with van der Waals surface area (Å²) in [4.78, 5) is 15.7. The van der Waals surface area contributed by atoms with Gasteiger partial charge >= 0.3 is 0 Å². The van der Waals surface area contributed by atoms with Gasteiger partial charge in [0.2, 0.25) is 0 Å². The summed E-state index contributed by atoms with van der Waals surface area (Å²) in [6.07, 6.45) is 2.16. The summed E-state index contributed by atoms with van der Waals surface area (Å²) in [6, 6.07) is 0. The fourth-order valence-electron chi connectivity index (χ4n) is 1.72. The first-order chi connectivity index (χ1) is 8.24. The highest BCUT2D eigenvalue weighted by Gasteiger charge is 2.15. The van der Waals surface area contributed by atoms with Gasteiger partial charge in [0.25, 0.3) is 5.91 Å². The van der Waals surface area contributed by atoms with E-state index < -0.39 is 0 Å². The van der Waals surface area contributed by atoms with Gasteiger partial charge in [-0.1, -0.05) is 0 Å². The van der Waals surface area contributed by atoms with E-state index in [9.17, 15) is 4.79 Å². The van der Waals surface area contributed by atoms with Crippen molar-refractivity contribution in [3.63, 3.8) is 0 Å². The molecule has 0 aliphatic carbocycles. The molecule has 2 N–H and O–H groups in total. The standard InChI is InChI=1S/C11H17N3O2S/c1-8-7-17-11(13-8)14-10(15)6-16-9-2-4-12-5-3-9/h7,9,12H,2-6H2,1H3,(H,13,14,15). The minimum absolute atomic E-state index is 0.114. The van der Waals surface area contributed by atoms with Crippen LogP contribution in [-0.4, -0.2) is 36.7 Å². The first kappa shape index (κ1) is 12.5. The first-order valence-electron chi connectivity index (χ1n) is 5.78. The highest BCUT2D eigenvalue weighted by molar-refractivity contribution is 7.13. The quantitative estimate of drug-likeness (QED) is 0.847. The zero-order valence-corrected chi connectivity index (χ0v) is 10.7. The van der Waals surface area contributed by atoms with Crippen LogP contribution in [0.25, 0.3) is 0 Å². The number of hydrogen-bond acceptors (Lipinski definition) is 5. The summed E-state index contributed by atoms with van der Waals surface area (Å²) in [6.45, 7) is 3.96. The Bertz CT molecular complexity index is 375.